The molecule has 1 aromatic heterocycles. The van der Waals surface area contributed by atoms with Gasteiger partial charge in [-0.3, -0.25) is 9.69 Å². The maximum absolute atomic E-state index is 11.5. The Morgan fingerprint density at radius 1 is 1.18 bits per heavy atom. The van der Waals surface area contributed by atoms with Crippen LogP contribution < -0.4 is 15.0 Å². The van der Waals surface area contributed by atoms with Gasteiger partial charge in [-0.2, -0.15) is 0 Å². The smallest absolute Gasteiger partial charge is 0.407 e. The molecule has 0 aromatic carbocycles. The van der Waals surface area contributed by atoms with Gasteiger partial charge in [0.1, 0.15) is 5.60 Å². The first-order chi connectivity index (χ1) is 13.4. The fraction of sp³-hybridized carbons (Fsp3) is 0.667. The Kier molecular flexibility index (Phi) is 8.40. The predicted octanol–water partition coefficient (Wildman–Crippen LogP) is 0.675. The minimum Gasteiger partial charge on any atom is -0.444 e. The molecular weight excluding hydrogens is 366 g/mol. The van der Waals surface area contributed by atoms with E-state index in [1.165, 1.54) is 0 Å². The van der Waals surface area contributed by atoms with Gasteiger partial charge in [0.05, 0.1) is 31.3 Å². The molecule has 1 aliphatic rings. The van der Waals surface area contributed by atoms with Crippen molar-refractivity contribution in [1.82, 2.24) is 20.2 Å². The van der Waals surface area contributed by atoms with Crippen molar-refractivity contribution in [3.8, 4) is 6.01 Å². The van der Waals surface area contributed by atoms with Crippen LogP contribution >= 0.6 is 0 Å². The molecule has 0 bridgehead atoms. The average molecular weight is 395 g/mol. The summed E-state index contributed by atoms with van der Waals surface area (Å²) in [7, 11) is 0. The largest absolute Gasteiger partial charge is 0.444 e. The van der Waals surface area contributed by atoms with Gasteiger partial charge in [0, 0.05) is 39.3 Å². The molecule has 1 amide bonds. The number of nitrogens with zero attached hydrogens (tertiary/aromatic N) is 4. The van der Waals surface area contributed by atoms with Crippen molar-refractivity contribution in [3.05, 3.63) is 12.4 Å². The Labute approximate surface area is 165 Å². The summed E-state index contributed by atoms with van der Waals surface area (Å²) < 4.78 is 15.3. The Morgan fingerprint density at radius 3 is 2.46 bits per heavy atom. The summed E-state index contributed by atoms with van der Waals surface area (Å²) in [5.74, 6) is 0. The molecule has 1 fully saturated rings. The van der Waals surface area contributed by atoms with Crippen LogP contribution in [0.2, 0.25) is 0 Å². The lowest BCUT2D eigenvalue weighted by atomic mass is 10.2. The van der Waals surface area contributed by atoms with Crippen molar-refractivity contribution in [1.29, 1.82) is 0 Å². The molecule has 0 aliphatic carbocycles. The highest BCUT2D eigenvalue weighted by Crippen LogP contribution is 2.15. The van der Waals surface area contributed by atoms with Gasteiger partial charge < -0.3 is 24.4 Å². The number of piperazine rings is 1. The zero-order valence-corrected chi connectivity index (χ0v) is 16.7. The normalized spacial score (nSPS) is 15.2. The molecule has 1 aliphatic heterocycles. The lowest BCUT2D eigenvalue weighted by Gasteiger charge is -2.35. The van der Waals surface area contributed by atoms with Crippen molar-refractivity contribution < 1.29 is 23.8 Å². The predicted molar refractivity (Wildman–Crippen MR) is 102 cm³/mol. The first-order valence-corrected chi connectivity index (χ1v) is 9.31. The van der Waals surface area contributed by atoms with Crippen LogP contribution in [-0.2, 0) is 14.3 Å². The lowest BCUT2D eigenvalue weighted by molar-refractivity contribution is -0.121. The third kappa shape index (κ3) is 8.05. The summed E-state index contributed by atoms with van der Waals surface area (Å²) in [6.45, 7) is 11.6. The van der Waals surface area contributed by atoms with E-state index in [0.29, 0.717) is 26.2 Å². The van der Waals surface area contributed by atoms with E-state index in [1.54, 1.807) is 12.4 Å². The van der Waals surface area contributed by atoms with Crippen LogP contribution in [0.4, 0.5) is 10.5 Å². The van der Waals surface area contributed by atoms with E-state index >= 15 is 0 Å². The van der Waals surface area contributed by atoms with Crippen molar-refractivity contribution in [2.24, 2.45) is 0 Å². The number of carbonyl (C=O) groups is 2. The minimum absolute atomic E-state index is 0.0516. The molecule has 28 heavy (non-hydrogen) atoms. The fourth-order valence-corrected chi connectivity index (χ4v) is 2.64. The highest BCUT2D eigenvalue weighted by molar-refractivity contribution is 5.67. The number of anilines is 1. The Morgan fingerprint density at radius 2 is 1.86 bits per heavy atom. The monoisotopic (exact) mass is 395 g/mol. The summed E-state index contributed by atoms with van der Waals surface area (Å²) in [6, 6.07) is 0.0516. The number of nitrogens with one attached hydrogen (secondary N) is 1. The first-order valence-electron chi connectivity index (χ1n) is 9.31. The van der Waals surface area contributed by atoms with Crippen LogP contribution in [0.25, 0.3) is 0 Å². The number of amides is 1. The van der Waals surface area contributed by atoms with E-state index in [4.69, 9.17) is 9.47 Å². The van der Waals surface area contributed by atoms with Gasteiger partial charge in [-0.1, -0.05) is 0 Å². The van der Waals surface area contributed by atoms with Gasteiger partial charge in [0.2, 0.25) is 0 Å². The molecule has 0 spiro atoms. The zero-order valence-electron chi connectivity index (χ0n) is 16.7. The Bertz CT molecular complexity index is 612. The SMILES string of the molecule is CC(C)(C)OC(=O)NCCOCCN1CCN(c2cnc(OC=O)nc2)CC1. The van der Waals surface area contributed by atoms with E-state index in [9.17, 15) is 9.59 Å². The summed E-state index contributed by atoms with van der Waals surface area (Å²) >= 11 is 0. The molecule has 2 heterocycles. The maximum atomic E-state index is 11.5. The van der Waals surface area contributed by atoms with E-state index in [0.717, 1.165) is 38.4 Å². The van der Waals surface area contributed by atoms with E-state index in [2.05, 4.69) is 29.8 Å². The topological polar surface area (TPSA) is 106 Å². The van der Waals surface area contributed by atoms with E-state index in [-0.39, 0.29) is 6.01 Å². The highest BCUT2D eigenvalue weighted by atomic mass is 16.6. The average Bonchev–Trinajstić information content (AvgIpc) is 2.64. The van der Waals surface area contributed by atoms with Crippen molar-refractivity contribution in [2.45, 2.75) is 26.4 Å². The summed E-state index contributed by atoms with van der Waals surface area (Å²) in [4.78, 5) is 34.3. The molecule has 1 aromatic rings. The van der Waals surface area contributed by atoms with Gasteiger partial charge in [-0.15, -0.1) is 0 Å². The van der Waals surface area contributed by atoms with Crippen molar-refractivity contribution >= 4 is 18.3 Å². The van der Waals surface area contributed by atoms with Gasteiger partial charge >= 0.3 is 18.6 Å². The van der Waals surface area contributed by atoms with Crippen LogP contribution in [0, 0.1) is 0 Å². The van der Waals surface area contributed by atoms with Gasteiger partial charge in [-0.05, 0) is 20.8 Å². The number of hydrogen-bond donors (Lipinski definition) is 1. The van der Waals surface area contributed by atoms with Crippen LogP contribution in [0.1, 0.15) is 20.8 Å². The molecule has 10 heteroatoms. The zero-order chi connectivity index (χ0) is 20.4. The molecule has 0 radical (unpaired) electrons. The number of hydrogen-bond acceptors (Lipinski definition) is 9. The van der Waals surface area contributed by atoms with E-state index < -0.39 is 11.7 Å². The second-order valence-electron chi connectivity index (χ2n) is 7.31. The number of aromatic nitrogens is 2. The van der Waals surface area contributed by atoms with Crippen LogP contribution in [-0.4, -0.2) is 85.5 Å². The second kappa shape index (κ2) is 10.8. The van der Waals surface area contributed by atoms with Gasteiger partial charge in [-0.25, -0.2) is 14.8 Å². The standard InChI is InChI=1S/C18H29N5O5/c1-18(2,3)28-17(25)19-4-10-26-11-9-22-5-7-23(8-6-22)15-12-20-16(21-13-15)27-14-24/h12-14H,4-11H2,1-3H3,(H,19,25). The first kappa shape index (κ1) is 21.8. The van der Waals surface area contributed by atoms with Gasteiger partial charge in [0.15, 0.2) is 0 Å². The van der Waals surface area contributed by atoms with Crippen LogP contribution in [0.15, 0.2) is 12.4 Å². The summed E-state index contributed by atoms with van der Waals surface area (Å²) in [5.41, 5.74) is 0.409. The van der Waals surface area contributed by atoms with E-state index in [1.807, 2.05) is 20.8 Å². The number of ether oxygens (including phenoxy) is 3. The van der Waals surface area contributed by atoms with Crippen LogP contribution in [0.3, 0.4) is 0 Å². The maximum Gasteiger partial charge on any atom is 0.407 e. The Balaban J connectivity index is 1.55. The molecule has 1 N–H and O–H groups in total. The molecule has 0 unspecified atom stereocenters. The highest BCUT2D eigenvalue weighted by Gasteiger charge is 2.18. The lowest BCUT2D eigenvalue weighted by Crippen LogP contribution is -2.47. The third-order valence-corrected chi connectivity index (χ3v) is 3.97. The number of alkyl carbamates (subject to hydrolysis) is 1. The Hall–Kier alpha value is -2.46. The molecular formula is C18H29N5O5. The van der Waals surface area contributed by atoms with Gasteiger partial charge in [0.25, 0.3) is 0 Å². The minimum atomic E-state index is -0.495. The molecule has 156 valence electrons. The third-order valence-electron chi connectivity index (χ3n) is 3.97. The summed E-state index contributed by atoms with van der Waals surface area (Å²) in [6.07, 6.45) is 2.88. The van der Waals surface area contributed by atoms with Crippen LogP contribution in [0.5, 0.6) is 6.01 Å². The summed E-state index contributed by atoms with van der Waals surface area (Å²) in [5, 5.41) is 2.67. The molecule has 2 rings (SSSR count). The van der Waals surface area contributed by atoms with Crippen molar-refractivity contribution in [3.63, 3.8) is 0 Å². The molecule has 1 saturated heterocycles. The molecule has 0 atom stereocenters. The van der Waals surface area contributed by atoms with Crippen molar-refractivity contribution in [2.75, 3.05) is 57.4 Å². The number of rotatable bonds is 9. The molecule has 0 saturated carbocycles. The number of carbonyl (C=O) groups excluding carboxylic acids is 2. The second-order valence-corrected chi connectivity index (χ2v) is 7.31. The fourth-order valence-electron chi connectivity index (χ4n) is 2.64. The molecule has 10 nitrogen and oxygen atoms in total. The quantitative estimate of drug-likeness (QED) is 0.477.